The molecule has 202 valence electrons. The highest BCUT2D eigenvalue weighted by atomic mass is 32.1. The average molecular weight is 527 g/mol. The lowest BCUT2D eigenvalue weighted by atomic mass is 10.1. The number of aryl methyl sites for hydroxylation is 1. The highest BCUT2D eigenvalue weighted by molar-refractivity contribution is 7.09. The first kappa shape index (κ1) is 30.5. The fraction of sp³-hybridized carbons (Fsp3) is 0.500. The highest BCUT2D eigenvalue weighted by Gasteiger charge is 2.15. The molecule has 7 heteroatoms. The Kier molecular flexibility index (Phi) is 13.3. The second-order valence-electron chi connectivity index (χ2n) is 9.95. The Morgan fingerprint density at radius 1 is 1.11 bits per heavy atom. The lowest BCUT2D eigenvalue weighted by Crippen LogP contribution is -2.17. The lowest BCUT2D eigenvalue weighted by Gasteiger charge is -2.13. The first-order chi connectivity index (χ1) is 17.6. The van der Waals surface area contributed by atoms with Gasteiger partial charge in [-0.1, -0.05) is 47.1 Å². The van der Waals surface area contributed by atoms with Gasteiger partial charge in [0.25, 0.3) is 0 Å². The Balaban J connectivity index is 2.21. The number of carbonyl (C=O) groups excluding carboxylic acids is 2. The molecule has 0 N–H and O–H groups in total. The third-order valence-corrected chi connectivity index (χ3v) is 6.62. The van der Waals surface area contributed by atoms with E-state index in [-0.39, 0.29) is 12.1 Å². The molecular weight excluding hydrogens is 484 g/mol. The summed E-state index contributed by atoms with van der Waals surface area (Å²) in [6.07, 6.45) is 16.6. The third kappa shape index (κ3) is 13.4. The van der Waals surface area contributed by atoms with Gasteiger partial charge in [0.2, 0.25) is 0 Å². The Hall–Kier alpha value is -2.77. The van der Waals surface area contributed by atoms with E-state index in [2.05, 4.69) is 29.4 Å². The zero-order valence-electron chi connectivity index (χ0n) is 23.2. The minimum Gasteiger partial charge on any atom is -0.462 e. The van der Waals surface area contributed by atoms with Gasteiger partial charge in [0.05, 0.1) is 10.7 Å². The standard InChI is InChI=1S/C30H42N2O4S/c1-22(16-17-32(5)6)14-15-24(3)19-27-20-28-31-26(21-37-28)11-7-8-12-29(33)35-25(4)18-23(2)10-9-13-30(34)36-27/h9-10,13-16,19,21,25,27H,7-8,11-12,17-18,20H2,1-6H3/b13-9-,15-14+,22-16+,23-10?,24-19+/t25-,27-/m1/s1. The van der Waals surface area contributed by atoms with Crippen molar-refractivity contribution in [2.24, 2.45) is 0 Å². The van der Waals surface area contributed by atoms with Crippen molar-refractivity contribution >= 4 is 23.3 Å². The number of allylic oxidation sites excluding steroid dienone is 6. The molecule has 0 amide bonds. The van der Waals surface area contributed by atoms with Crippen LogP contribution in [0.1, 0.15) is 64.1 Å². The van der Waals surface area contributed by atoms with Gasteiger partial charge < -0.3 is 14.4 Å². The Morgan fingerprint density at radius 3 is 2.59 bits per heavy atom. The number of hydrogen-bond acceptors (Lipinski definition) is 7. The maximum atomic E-state index is 12.6. The number of rotatable bonds is 5. The van der Waals surface area contributed by atoms with Crippen molar-refractivity contribution in [1.82, 2.24) is 9.88 Å². The summed E-state index contributed by atoms with van der Waals surface area (Å²) < 4.78 is 11.3. The van der Waals surface area contributed by atoms with Gasteiger partial charge in [-0.3, -0.25) is 4.79 Å². The topological polar surface area (TPSA) is 68.7 Å². The lowest BCUT2D eigenvalue weighted by molar-refractivity contribution is -0.148. The molecule has 0 unspecified atom stereocenters. The van der Waals surface area contributed by atoms with Crippen molar-refractivity contribution in [2.45, 2.75) is 78.4 Å². The molecule has 0 fully saturated rings. The molecule has 6 nitrogen and oxygen atoms in total. The quantitative estimate of drug-likeness (QED) is 0.338. The Labute approximate surface area is 226 Å². The maximum absolute atomic E-state index is 12.6. The number of likely N-dealkylation sites (N-methyl/N-ethyl adjacent to an activating group) is 1. The summed E-state index contributed by atoms with van der Waals surface area (Å²) in [6, 6.07) is 0. The molecule has 1 aromatic rings. The van der Waals surface area contributed by atoms with Crippen LogP contribution >= 0.6 is 11.3 Å². The molecule has 0 saturated heterocycles. The van der Waals surface area contributed by atoms with Gasteiger partial charge in [-0.2, -0.15) is 0 Å². The SMILES string of the molecule is CC1=C/C=C\C(=O)O[C@H](/C=C(C)/C=C/C(C)=C/CN(C)C)Cc2nc(cs2)CCCCC(=O)O[C@H](C)C1. The second-order valence-corrected chi connectivity index (χ2v) is 10.9. The Bertz CT molecular complexity index is 1050. The van der Waals surface area contributed by atoms with Gasteiger partial charge in [-0.25, -0.2) is 9.78 Å². The minimum absolute atomic E-state index is 0.168. The van der Waals surface area contributed by atoms with Gasteiger partial charge in [0.1, 0.15) is 12.2 Å². The molecule has 0 aliphatic carbocycles. The molecule has 0 saturated carbocycles. The molecule has 1 aromatic heterocycles. The third-order valence-electron chi connectivity index (χ3n) is 5.70. The Morgan fingerprint density at radius 2 is 1.84 bits per heavy atom. The summed E-state index contributed by atoms with van der Waals surface area (Å²) >= 11 is 1.58. The van der Waals surface area contributed by atoms with E-state index >= 15 is 0 Å². The smallest absolute Gasteiger partial charge is 0.331 e. The fourth-order valence-corrected chi connectivity index (χ4v) is 4.64. The van der Waals surface area contributed by atoms with Crippen molar-refractivity contribution in [3.05, 3.63) is 75.3 Å². The summed E-state index contributed by atoms with van der Waals surface area (Å²) in [7, 11) is 4.08. The van der Waals surface area contributed by atoms with Crippen molar-refractivity contribution in [2.75, 3.05) is 20.6 Å². The molecule has 2 atom stereocenters. The van der Waals surface area contributed by atoms with Crippen LogP contribution in [0.3, 0.4) is 0 Å². The van der Waals surface area contributed by atoms with Gasteiger partial charge >= 0.3 is 11.9 Å². The number of hydrogen-bond donors (Lipinski definition) is 0. The van der Waals surface area contributed by atoms with E-state index in [0.29, 0.717) is 19.3 Å². The van der Waals surface area contributed by atoms with E-state index in [0.717, 1.165) is 47.7 Å². The van der Waals surface area contributed by atoms with Crippen LogP contribution in [0.5, 0.6) is 0 Å². The summed E-state index contributed by atoms with van der Waals surface area (Å²) in [6.45, 7) is 8.82. The van der Waals surface area contributed by atoms with Crippen molar-refractivity contribution < 1.29 is 19.1 Å². The highest BCUT2D eigenvalue weighted by Crippen LogP contribution is 2.18. The summed E-state index contributed by atoms with van der Waals surface area (Å²) in [5, 5.41) is 2.98. The summed E-state index contributed by atoms with van der Waals surface area (Å²) in [5.74, 6) is -0.572. The number of thiazole rings is 1. The number of cyclic esters (lactones) is 2. The van der Waals surface area contributed by atoms with Crippen molar-refractivity contribution in [3.8, 4) is 0 Å². The largest absolute Gasteiger partial charge is 0.462 e. The van der Waals surface area contributed by atoms with E-state index in [4.69, 9.17) is 14.5 Å². The van der Waals surface area contributed by atoms with Crippen LogP contribution in [-0.4, -0.2) is 54.7 Å². The van der Waals surface area contributed by atoms with Gasteiger partial charge in [0.15, 0.2) is 0 Å². The molecule has 2 heterocycles. The van der Waals surface area contributed by atoms with E-state index in [9.17, 15) is 9.59 Å². The molecule has 0 spiro atoms. The van der Waals surface area contributed by atoms with E-state index < -0.39 is 12.1 Å². The predicted octanol–water partition coefficient (Wildman–Crippen LogP) is 6.16. The van der Waals surface area contributed by atoms with Crippen LogP contribution < -0.4 is 0 Å². The first-order valence-electron chi connectivity index (χ1n) is 13.0. The van der Waals surface area contributed by atoms with E-state index in [1.54, 1.807) is 17.4 Å². The normalized spacial score (nSPS) is 22.6. The van der Waals surface area contributed by atoms with Crippen LogP contribution in [0.15, 0.2) is 64.6 Å². The monoisotopic (exact) mass is 526 g/mol. The second kappa shape index (κ2) is 16.2. The fourth-order valence-electron chi connectivity index (χ4n) is 3.77. The number of aromatic nitrogens is 1. The summed E-state index contributed by atoms with van der Waals surface area (Å²) in [5.41, 5.74) is 4.22. The van der Waals surface area contributed by atoms with Crippen LogP contribution in [0.2, 0.25) is 0 Å². The van der Waals surface area contributed by atoms with Crippen LogP contribution in [0.4, 0.5) is 0 Å². The number of fused-ring (bicyclic) bond motifs is 2. The zero-order valence-corrected chi connectivity index (χ0v) is 24.0. The van der Waals surface area contributed by atoms with E-state index in [1.807, 2.05) is 53.1 Å². The predicted molar refractivity (Wildman–Crippen MR) is 152 cm³/mol. The minimum atomic E-state index is -0.426. The molecule has 1 aliphatic rings. The van der Waals surface area contributed by atoms with Gasteiger partial charge in [0, 0.05) is 37.3 Å². The number of nitrogens with zero attached hydrogens (tertiary/aromatic N) is 2. The van der Waals surface area contributed by atoms with Gasteiger partial charge in [-0.05, 0) is 67.1 Å². The average Bonchev–Trinajstić information content (AvgIpc) is 3.25. The molecular formula is C30H42N2O4S. The molecule has 37 heavy (non-hydrogen) atoms. The number of esters is 2. The zero-order chi connectivity index (χ0) is 27.2. The molecule has 0 radical (unpaired) electrons. The first-order valence-corrected chi connectivity index (χ1v) is 13.8. The molecule has 1 aliphatic heterocycles. The molecule has 2 bridgehead atoms. The maximum Gasteiger partial charge on any atom is 0.331 e. The molecule has 0 aromatic carbocycles. The summed E-state index contributed by atoms with van der Waals surface area (Å²) in [4.78, 5) is 31.6. The van der Waals surface area contributed by atoms with Crippen molar-refractivity contribution in [3.63, 3.8) is 0 Å². The van der Waals surface area contributed by atoms with E-state index in [1.165, 1.54) is 11.6 Å². The van der Waals surface area contributed by atoms with Gasteiger partial charge in [-0.15, -0.1) is 11.3 Å². The number of ether oxygens (including phenoxy) is 2. The van der Waals surface area contributed by atoms with Crippen LogP contribution in [0.25, 0.3) is 0 Å². The number of carbonyl (C=O) groups is 2. The molecule has 2 rings (SSSR count). The van der Waals surface area contributed by atoms with Crippen LogP contribution in [-0.2, 0) is 31.9 Å². The van der Waals surface area contributed by atoms with Crippen LogP contribution in [0, 0.1) is 0 Å². The van der Waals surface area contributed by atoms with Crippen molar-refractivity contribution in [1.29, 1.82) is 0 Å².